The van der Waals surface area contributed by atoms with Crippen LogP contribution in [-0.4, -0.2) is 30.6 Å². The van der Waals surface area contributed by atoms with Gasteiger partial charge in [-0.3, -0.25) is 11.3 Å². The standard InChI is InChI=1S/C13H25N3O/c1-5-13(6-2,16(3)4)12(15-14)10-11-8-7-9-17-11/h7-9,12,15H,5-6,10,14H2,1-4H3. The van der Waals surface area contributed by atoms with Gasteiger partial charge in [0.05, 0.1) is 6.26 Å². The molecule has 1 heterocycles. The van der Waals surface area contributed by atoms with Crippen LogP contribution in [0.3, 0.4) is 0 Å². The normalized spacial score (nSPS) is 14.2. The third kappa shape index (κ3) is 2.89. The first-order valence-electron chi connectivity index (χ1n) is 6.26. The van der Waals surface area contributed by atoms with Gasteiger partial charge in [0, 0.05) is 18.0 Å². The first-order valence-corrected chi connectivity index (χ1v) is 6.26. The van der Waals surface area contributed by atoms with Crippen molar-refractivity contribution < 1.29 is 4.42 Å². The Labute approximate surface area is 104 Å². The fraction of sp³-hybridized carbons (Fsp3) is 0.692. The summed E-state index contributed by atoms with van der Waals surface area (Å²) in [5.74, 6) is 6.72. The Bertz CT molecular complexity index is 304. The van der Waals surface area contributed by atoms with E-state index in [1.54, 1.807) is 6.26 Å². The molecule has 0 aromatic carbocycles. The molecule has 98 valence electrons. The van der Waals surface area contributed by atoms with Crippen LogP contribution in [0.15, 0.2) is 22.8 Å². The van der Waals surface area contributed by atoms with Gasteiger partial charge in [0.1, 0.15) is 5.76 Å². The Morgan fingerprint density at radius 3 is 2.41 bits per heavy atom. The first kappa shape index (κ1) is 14.2. The van der Waals surface area contributed by atoms with E-state index in [0.29, 0.717) is 0 Å². The summed E-state index contributed by atoms with van der Waals surface area (Å²) in [6.45, 7) is 4.41. The van der Waals surface area contributed by atoms with Gasteiger partial charge in [0.25, 0.3) is 0 Å². The molecule has 0 saturated heterocycles. The maximum atomic E-state index is 5.75. The summed E-state index contributed by atoms with van der Waals surface area (Å²) in [6.07, 6.45) is 4.61. The number of rotatable bonds is 7. The highest BCUT2D eigenvalue weighted by molar-refractivity contribution is 5.06. The van der Waals surface area contributed by atoms with Crippen molar-refractivity contribution >= 4 is 0 Å². The average molecular weight is 239 g/mol. The zero-order valence-electron chi connectivity index (χ0n) is 11.4. The van der Waals surface area contributed by atoms with Gasteiger partial charge in [0.2, 0.25) is 0 Å². The molecular weight excluding hydrogens is 214 g/mol. The molecule has 0 radical (unpaired) electrons. The predicted molar refractivity (Wildman–Crippen MR) is 70.5 cm³/mol. The van der Waals surface area contributed by atoms with Crippen molar-refractivity contribution in [2.75, 3.05) is 14.1 Å². The summed E-state index contributed by atoms with van der Waals surface area (Å²) in [5.41, 5.74) is 3.02. The summed E-state index contributed by atoms with van der Waals surface area (Å²) in [6, 6.07) is 4.09. The van der Waals surface area contributed by atoms with Crippen molar-refractivity contribution in [3.05, 3.63) is 24.2 Å². The van der Waals surface area contributed by atoms with E-state index in [9.17, 15) is 0 Å². The molecule has 1 aromatic heterocycles. The molecule has 17 heavy (non-hydrogen) atoms. The lowest BCUT2D eigenvalue weighted by Gasteiger charge is -2.44. The summed E-state index contributed by atoms with van der Waals surface area (Å²) in [4.78, 5) is 2.26. The van der Waals surface area contributed by atoms with Crippen molar-refractivity contribution in [3.8, 4) is 0 Å². The Morgan fingerprint density at radius 2 is 2.06 bits per heavy atom. The molecule has 0 amide bonds. The van der Waals surface area contributed by atoms with Crippen LogP contribution in [0.1, 0.15) is 32.4 Å². The molecule has 0 aliphatic carbocycles. The Morgan fingerprint density at radius 1 is 1.41 bits per heavy atom. The van der Waals surface area contributed by atoms with E-state index in [0.717, 1.165) is 25.0 Å². The Hall–Kier alpha value is -0.840. The number of nitrogens with zero attached hydrogens (tertiary/aromatic N) is 1. The van der Waals surface area contributed by atoms with E-state index in [1.807, 2.05) is 12.1 Å². The predicted octanol–water partition coefficient (Wildman–Crippen LogP) is 1.77. The molecule has 3 N–H and O–H groups in total. The lowest BCUT2D eigenvalue weighted by Crippen LogP contribution is -2.61. The van der Waals surface area contributed by atoms with Crippen LogP contribution in [0.2, 0.25) is 0 Å². The fourth-order valence-electron chi connectivity index (χ4n) is 2.72. The van der Waals surface area contributed by atoms with Gasteiger partial charge in [-0.15, -0.1) is 0 Å². The van der Waals surface area contributed by atoms with Crippen molar-refractivity contribution in [3.63, 3.8) is 0 Å². The average Bonchev–Trinajstić information content (AvgIpc) is 2.82. The maximum absolute atomic E-state index is 5.75. The monoisotopic (exact) mass is 239 g/mol. The van der Waals surface area contributed by atoms with Crippen LogP contribution in [0.5, 0.6) is 0 Å². The third-order valence-electron chi connectivity index (χ3n) is 3.95. The second-order valence-electron chi connectivity index (χ2n) is 4.71. The molecule has 0 fully saturated rings. The minimum absolute atomic E-state index is 0.0571. The van der Waals surface area contributed by atoms with Crippen LogP contribution < -0.4 is 11.3 Å². The molecular formula is C13H25N3O. The van der Waals surface area contributed by atoms with Gasteiger partial charge in [-0.05, 0) is 39.1 Å². The molecule has 0 spiro atoms. The van der Waals surface area contributed by atoms with E-state index in [2.05, 4.69) is 38.3 Å². The van der Waals surface area contributed by atoms with Gasteiger partial charge < -0.3 is 9.32 Å². The number of furan rings is 1. The number of likely N-dealkylation sites (N-methyl/N-ethyl adjacent to an activating group) is 1. The Kier molecular flexibility index (Phi) is 5.18. The molecule has 1 aromatic rings. The Balaban J connectivity index is 2.89. The maximum Gasteiger partial charge on any atom is 0.105 e. The SMILES string of the molecule is CCC(CC)(C(Cc1ccco1)NN)N(C)C. The zero-order chi connectivity index (χ0) is 12.9. The number of nitrogens with one attached hydrogen (secondary N) is 1. The van der Waals surface area contributed by atoms with Crippen LogP contribution in [0, 0.1) is 0 Å². The topological polar surface area (TPSA) is 54.4 Å². The van der Waals surface area contributed by atoms with Crippen LogP contribution in [0.4, 0.5) is 0 Å². The zero-order valence-corrected chi connectivity index (χ0v) is 11.4. The first-order chi connectivity index (χ1) is 8.10. The second kappa shape index (κ2) is 6.19. The third-order valence-corrected chi connectivity index (χ3v) is 3.95. The molecule has 1 unspecified atom stereocenters. The van der Waals surface area contributed by atoms with E-state index >= 15 is 0 Å². The van der Waals surface area contributed by atoms with Gasteiger partial charge in [-0.25, -0.2) is 0 Å². The molecule has 0 saturated carbocycles. The quantitative estimate of drug-likeness (QED) is 0.562. The minimum Gasteiger partial charge on any atom is -0.469 e. The number of hydrogen-bond acceptors (Lipinski definition) is 4. The van der Waals surface area contributed by atoms with Gasteiger partial charge in [0.15, 0.2) is 0 Å². The summed E-state index contributed by atoms with van der Waals surface area (Å²) >= 11 is 0. The molecule has 1 rings (SSSR count). The smallest absolute Gasteiger partial charge is 0.105 e. The minimum atomic E-state index is 0.0571. The lowest BCUT2D eigenvalue weighted by molar-refractivity contribution is 0.0858. The number of hydrogen-bond donors (Lipinski definition) is 2. The van der Waals surface area contributed by atoms with Crippen molar-refractivity contribution in [2.45, 2.75) is 44.7 Å². The summed E-state index contributed by atoms with van der Waals surface area (Å²) < 4.78 is 5.42. The lowest BCUT2D eigenvalue weighted by atomic mass is 9.81. The molecule has 0 bridgehead atoms. The van der Waals surface area contributed by atoms with Gasteiger partial charge in [-0.1, -0.05) is 13.8 Å². The number of hydrazine groups is 1. The summed E-state index contributed by atoms with van der Waals surface area (Å²) in [5, 5.41) is 0. The van der Waals surface area contributed by atoms with E-state index in [1.165, 1.54) is 0 Å². The van der Waals surface area contributed by atoms with Gasteiger partial charge >= 0.3 is 0 Å². The molecule has 0 aliphatic rings. The molecule has 4 nitrogen and oxygen atoms in total. The van der Waals surface area contributed by atoms with Crippen molar-refractivity contribution in [1.82, 2.24) is 10.3 Å². The van der Waals surface area contributed by atoms with E-state index < -0.39 is 0 Å². The fourth-order valence-corrected chi connectivity index (χ4v) is 2.72. The van der Waals surface area contributed by atoms with Crippen LogP contribution in [0.25, 0.3) is 0 Å². The van der Waals surface area contributed by atoms with E-state index in [-0.39, 0.29) is 11.6 Å². The number of nitrogens with two attached hydrogens (primary N) is 1. The van der Waals surface area contributed by atoms with E-state index in [4.69, 9.17) is 10.3 Å². The molecule has 4 heteroatoms. The van der Waals surface area contributed by atoms with Gasteiger partial charge in [-0.2, -0.15) is 0 Å². The molecule has 0 aliphatic heterocycles. The molecule has 1 atom stereocenters. The van der Waals surface area contributed by atoms with Crippen molar-refractivity contribution in [2.24, 2.45) is 5.84 Å². The summed E-state index contributed by atoms with van der Waals surface area (Å²) in [7, 11) is 4.22. The van der Waals surface area contributed by atoms with Crippen LogP contribution >= 0.6 is 0 Å². The highest BCUT2D eigenvalue weighted by Crippen LogP contribution is 2.27. The largest absolute Gasteiger partial charge is 0.469 e. The highest BCUT2D eigenvalue weighted by Gasteiger charge is 2.37. The second-order valence-corrected chi connectivity index (χ2v) is 4.71. The van der Waals surface area contributed by atoms with Crippen molar-refractivity contribution in [1.29, 1.82) is 0 Å². The highest BCUT2D eigenvalue weighted by atomic mass is 16.3. The van der Waals surface area contributed by atoms with Crippen LogP contribution in [-0.2, 0) is 6.42 Å².